The van der Waals surface area contributed by atoms with E-state index in [0.29, 0.717) is 21.4 Å². The number of rotatable bonds is 2. The summed E-state index contributed by atoms with van der Waals surface area (Å²) in [5, 5.41) is 6.36. The van der Waals surface area contributed by atoms with Crippen molar-refractivity contribution in [3.05, 3.63) is 28.2 Å². The SMILES string of the molecule is CC1=NN(c2ccc(Cl)cc2Cl)C(=O)C1CN. The van der Waals surface area contributed by atoms with Crippen LogP contribution < -0.4 is 10.7 Å². The van der Waals surface area contributed by atoms with Crippen LogP contribution in [-0.2, 0) is 4.79 Å². The molecule has 0 saturated carbocycles. The van der Waals surface area contributed by atoms with Crippen molar-refractivity contribution >= 4 is 40.5 Å². The average molecular weight is 272 g/mol. The summed E-state index contributed by atoms with van der Waals surface area (Å²) in [5.41, 5.74) is 6.76. The van der Waals surface area contributed by atoms with Crippen molar-refractivity contribution in [1.82, 2.24) is 0 Å². The summed E-state index contributed by atoms with van der Waals surface area (Å²) >= 11 is 11.8. The van der Waals surface area contributed by atoms with Crippen LogP contribution in [0.15, 0.2) is 23.3 Å². The van der Waals surface area contributed by atoms with Gasteiger partial charge in [0.2, 0.25) is 0 Å². The molecule has 0 bridgehead atoms. The second-order valence-electron chi connectivity index (χ2n) is 3.78. The second kappa shape index (κ2) is 4.64. The highest BCUT2D eigenvalue weighted by Gasteiger charge is 2.34. The minimum Gasteiger partial charge on any atom is -0.329 e. The number of hydrogen-bond acceptors (Lipinski definition) is 3. The van der Waals surface area contributed by atoms with Gasteiger partial charge in [0.1, 0.15) is 0 Å². The lowest BCUT2D eigenvalue weighted by molar-refractivity contribution is -0.119. The Morgan fingerprint density at radius 2 is 2.18 bits per heavy atom. The Morgan fingerprint density at radius 3 is 2.71 bits per heavy atom. The second-order valence-corrected chi connectivity index (χ2v) is 4.62. The van der Waals surface area contributed by atoms with E-state index in [2.05, 4.69) is 5.10 Å². The van der Waals surface area contributed by atoms with Gasteiger partial charge in [0.25, 0.3) is 5.91 Å². The largest absolute Gasteiger partial charge is 0.329 e. The van der Waals surface area contributed by atoms with Crippen LogP contribution in [0.1, 0.15) is 6.92 Å². The number of anilines is 1. The molecular weight excluding hydrogens is 261 g/mol. The summed E-state index contributed by atoms with van der Waals surface area (Å²) in [6, 6.07) is 4.90. The molecule has 90 valence electrons. The van der Waals surface area contributed by atoms with Crippen LogP contribution >= 0.6 is 23.2 Å². The molecule has 0 aromatic heterocycles. The van der Waals surface area contributed by atoms with Gasteiger partial charge in [-0.2, -0.15) is 10.1 Å². The van der Waals surface area contributed by atoms with Crippen LogP contribution in [0.25, 0.3) is 0 Å². The third-order valence-corrected chi connectivity index (χ3v) is 3.18. The normalized spacial score (nSPS) is 19.8. The van der Waals surface area contributed by atoms with E-state index in [-0.39, 0.29) is 18.4 Å². The van der Waals surface area contributed by atoms with Crippen LogP contribution in [0.3, 0.4) is 0 Å². The summed E-state index contributed by atoms with van der Waals surface area (Å²) in [5.74, 6) is -0.518. The van der Waals surface area contributed by atoms with Crippen molar-refractivity contribution in [2.24, 2.45) is 16.8 Å². The standard InChI is InChI=1S/C11H11Cl2N3O/c1-6-8(5-14)11(17)16(15-6)10-3-2-7(12)4-9(10)13/h2-4,8H,5,14H2,1H3. The molecule has 17 heavy (non-hydrogen) atoms. The maximum Gasteiger partial charge on any atom is 0.257 e. The van der Waals surface area contributed by atoms with E-state index in [1.54, 1.807) is 25.1 Å². The van der Waals surface area contributed by atoms with Gasteiger partial charge in [0, 0.05) is 17.3 Å². The molecule has 4 nitrogen and oxygen atoms in total. The zero-order valence-electron chi connectivity index (χ0n) is 9.15. The number of carbonyl (C=O) groups is 1. The maximum atomic E-state index is 12.0. The monoisotopic (exact) mass is 271 g/mol. The molecule has 0 aliphatic carbocycles. The van der Waals surface area contributed by atoms with Crippen molar-refractivity contribution in [3.63, 3.8) is 0 Å². The zero-order chi connectivity index (χ0) is 12.6. The third kappa shape index (κ3) is 2.16. The minimum absolute atomic E-state index is 0.158. The van der Waals surface area contributed by atoms with Crippen molar-refractivity contribution in [2.45, 2.75) is 6.92 Å². The Bertz CT molecular complexity index is 501. The van der Waals surface area contributed by atoms with Gasteiger partial charge in [-0.3, -0.25) is 4.79 Å². The molecule has 1 unspecified atom stereocenters. The predicted molar refractivity (Wildman–Crippen MR) is 69.6 cm³/mol. The Hall–Kier alpha value is -1.10. The van der Waals surface area contributed by atoms with Gasteiger partial charge in [-0.25, -0.2) is 0 Å². The molecule has 1 aliphatic rings. The quantitative estimate of drug-likeness (QED) is 0.897. The lowest BCUT2D eigenvalue weighted by Gasteiger charge is -2.15. The highest BCUT2D eigenvalue weighted by molar-refractivity contribution is 6.37. The molecule has 0 saturated heterocycles. The van der Waals surface area contributed by atoms with E-state index in [4.69, 9.17) is 28.9 Å². The molecular formula is C11H11Cl2N3O. The van der Waals surface area contributed by atoms with Crippen LogP contribution in [0.2, 0.25) is 10.0 Å². The van der Waals surface area contributed by atoms with Crippen LogP contribution in [0, 0.1) is 5.92 Å². The Kier molecular flexibility index (Phi) is 3.38. The number of hydrazone groups is 1. The number of hydrogen-bond donors (Lipinski definition) is 1. The molecule has 1 aromatic rings. The summed E-state index contributed by atoms with van der Waals surface area (Å²) in [4.78, 5) is 12.0. The first-order valence-electron chi connectivity index (χ1n) is 5.08. The smallest absolute Gasteiger partial charge is 0.257 e. The Labute approximate surface area is 109 Å². The zero-order valence-corrected chi connectivity index (χ0v) is 10.7. The molecule has 1 heterocycles. The fourth-order valence-electron chi connectivity index (χ4n) is 1.70. The van der Waals surface area contributed by atoms with E-state index in [0.717, 1.165) is 0 Å². The number of halogens is 2. The molecule has 1 amide bonds. The molecule has 6 heteroatoms. The first kappa shape index (κ1) is 12.4. The first-order valence-corrected chi connectivity index (χ1v) is 5.84. The van der Waals surface area contributed by atoms with Gasteiger partial charge in [-0.1, -0.05) is 23.2 Å². The predicted octanol–water partition coefficient (Wildman–Crippen LogP) is 2.29. The van der Waals surface area contributed by atoms with Crippen LogP contribution in [-0.4, -0.2) is 18.2 Å². The highest BCUT2D eigenvalue weighted by Crippen LogP contribution is 2.32. The fourth-order valence-corrected chi connectivity index (χ4v) is 2.19. The Balaban J connectivity index is 2.39. The molecule has 1 aromatic carbocycles. The number of nitrogens with zero attached hydrogens (tertiary/aromatic N) is 2. The lowest BCUT2D eigenvalue weighted by Crippen LogP contribution is -2.32. The van der Waals surface area contributed by atoms with E-state index in [1.807, 2.05) is 0 Å². The number of benzene rings is 1. The summed E-state index contributed by atoms with van der Waals surface area (Å²) in [7, 11) is 0. The van der Waals surface area contributed by atoms with Gasteiger partial charge in [-0.05, 0) is 25.1 Å². The van der Waals surface area contributed by atoms with Gasteiger partial charge in [0.05, 0.1) is 16.6 Å². The number of carbonyl (C=O) groups excluding carboxylic acids is 1. The topological polar surface area (TPSA) is 58.7 Å². The lowest BCUT2D eigenvalue weighted by atomic mass is 10.1. The van der Waals surface area contributed by atoms with Crippen LogP contribution in [0.4, 0.5) is 5.69 Å². The van der Waals surface area contributed by atoms with Crippen molar-refractivity contribution in [2.75, 3.05) is 11.6 Å². The molecule has 1 atom stereocenters. The van der Waals surface area contributed by atoms with Crippen molar-refractivity contribution in [3.8, 4) is 0 Å². The van der Waals surface area contributed by atoms with E-state index >= 15 is 0 Å². The van der Waals surface area contributed by atoms with Gasteiger partial charge >= 0.3 is 0 Å². The van der Waals surface area contributed by atoms with E-state index < -0.39 is 0 Å². The average Bonchev–Trinajstić information content (AvgIpc) is 2.54. The molecule has 0 radical (unpaired) electrons. The van der Waals surface area contributed by atoms with Crippen molar-refractivity contribution in [1.29, 1.82) is 0 Å². The summed E-state index contributed by atoms with van der Waals surface area (Å²) in [6.45, 7) is 2.02. The molecule has 2 rings (SSSR count). The molecule has 0 spiro atoms. The summed E-state index contributed by atoms with van der Waals surface area (Å²) in [6.07, 6.45) is 0. The minimum atomic E-state index is -0.359. The third-order valence-electron chi connectivity index (χ3n) is 2.64. The summed E-state index contributed by atoms with van der Waals surface area (Å²) < 4.78 is 0. The van der Waals surface area contributed by atoms with Gasteiger partial charge in [-0.15, -0.1) is 0 Å². The molecule has 0 fully saturated rings. The van der Waals surface area contributed by atoms with E-state index in [9.17, 15) is 4.79 Å². The molecule has 1 aliphatic heterocycles. The van der Waals surface area contributed by atoms with Crippen molar-refractivity contribution < 1.29 is 4.79 Å². The van der Waals surface area contributed by atoms with Crippen LogP contribution in [0.5, 0.6) is 0 Å². The maximum absolute atomic E-state index is 12.0. The Morgan fingerprint density at radius 1 is 1.47 bits per heavy atom. The highest BCUT2D eigenvalue weighted by atomic mass is 35.5. The van der Waals surface area contributed by atoms with Gasteiger partial charge in [0.15, 0.2) is 0 Å². The first-order chi connectivity index (χ1) is 8.04. The number of amides is 1. The fraction of sp³-hybridized carbons (Fsp3) is 0.273. The molecule has 2 N–H and O–H groups in total. The van der Waals surface area contributed by atoms with E-state index in [1.165, 1.54) is 5.01 Å². The van der Waals surface area contributed by atoms with Gasteiger partial charge < -0.3 is 5.73 Å². The number of nitrogens with two attached hydrogens (primary N) is 1.